The van der Waals surface area contributed by atoms with E-state index in [2.05, 4.69) is 41.1 Å². The van der Waals surface area contributed by atoms with Crippen LogP contribution in [0.5, 0.6) is 6.01 Å². The molecule has 1 heterocycles. The van der Waals surface area contributed by atoms with Gasteiger partial charge in [0, 0.05) is 5.25 Å². The highest BCUT2D eigenvalue weighted by molar-refractivity contribution is 7.99. The van der Waals surface area contributed by atoms with E-state index in [4.69, 9.17) is 10.6 Å². The minimum absolute atomic E-state index is 0.265. The van der Waals surface area contributed by atoms with E-state index in [1.54, 1.807) is 11.8 Å². The van der Waals surface area contributed by atoms with Crippen LogP contribution in [0, 0.1) is 5.92 Å². The van der Waals surface area contributed by atoms with Crippen LogP contribution in [-0.4, -0.2) is 27.3 Å². The van der Waals surface area contributed by atoms with E-state index < -0.39 is 0 Å². The lowest BCUT2D eigenvalue weighted by molar-refractivity contribution is 0.373. The van der Waals surface area contributed by atoms with Gasteiger partial charge in [0.05, 0.1) is 7.11 Å². The van der Waals surface area contributed by atoms with Gasteiger partial charge in [-0.2, -0.15) is 15.0 Å². The van der Waals surface area contributed by atoms with E-state index in [1.165, 1.54) is 7.11 Å². The van der Waals surface area contributed by atoms with Gasteiger partial charge in [-0.05, 0) is 5.92 Å². The van der Waals surface area contributed by atoms with Crippen molar-refractivity contribution in [3.05, 3.63) is 0 Å². The number of nitrogens with zero attached hydrogens (tertiary/aromatic N) is 3. The molecule has 6 nitrogen and oxygen atoms in total. The third kappa shape index (κ3) is 3.49. The summed E-state index contributed by atoms with van der Waals surface area (Å²) in [5.41, 5.74) is 2.39. The lowest BCUT2D eigenvalue weighted by Crippen LogP contribution is -2.13. The number of anilines is 1. The number of ether oxygens (including phenoxy) is 1. The molecule has 1 aromatic rings. The van der Waals surface area contributed by atoms with Crippen LogP contribution in [0.4, 0.5) is 5.95 Å². The Kier molecular flexibility index (Phi) is 4.75. The van der Waals surface area contributed by atoms with Crippen LogP contribution in [0.3, 0.4) is 0 Å². The summed E-state index contributed by atoms with van der Waals surface area (Å²) in [5.74, 6) is 6.12. The van der Waals surface area contributed by atoms with Gasteiger partial charge >= 0.3 is 6.01 Å². The van der Waals surface area contributed by atoms with Crippen LogP contribution in [-0.2, 0) is 0 Å². The molecular formula is C9H17N5OS. The van der Waals surface area contributed by atoms with Gasteiger partial charge in [-0.3, -0.25) is 5.43 Å². The zero-order chi connectivity index (χ0) is 12.1. The standard InChI is InChI=1S/C9H17N5OS/c1-5(2)6(3)16-9-12-7(14-10)11-8(13-9)15-4/h5-6H,10H2,1-4H3,(H,11,12,13,14). The molecule has 0 radical (unpaired) electrons. The van der Waals surface area contributed by atoms with Gasteiger partial charge in [0.1, 0.15) is 0 Å². The Morgan fingerprint density at radius 1 is 1.25 bits per heavy atom. The SMILES string of the molecule is COc1nc(NN)nc(SC(C)C(C)C)n1. The van der Waals surface area contributed by atoms with E-state index in [0.717, 1.165) is 0 Å². The molecule has 0 aromatic carbocycles. The average Bonchev–Trinajstić information content (AvgIpc) is 2.28. The Bertz CT molecular complexity index is 324. The number of rotatable bonds is 5. The second kappa shape index (κ2) is 5.86. The van der Waals surface area contributed by atoms with Crippen molar-refractivity contribution in [2.24, 2.45) is 11.8 Å². The Balaban J connectivity index is 2.86. The largest absolute Gasteiger partial charge is 0.467 e. The number of hydrogen-bond acceptors (Lipinski definition) is 7. The second-order valence-electron chi connectivity index (χ2n) is 3.64. The monoisotopic (exact) mass is 243 g/mol. The zero-order valence-corrected chi connectivity index (χ0v) is 10.7. The molecule has 1 unspecified atom stereocenters. The maximum absolute atomic E-state index is 5.27. The highest BCUT2D eigenvalue weighted by Crippen LogP contribution is 2.26. The van der Waals surface area contributed by atoms with Crippen LogP contribution in [0.25, 0.3) is 0 Å². The molecule has 0 aliphatic heterocycles. The lowest BCUT2D eigenvalue weighted by Gasteiger charge is -2.13. The van der Waals surface area contributed by atoms with Crippen LogP contribution in [0.1, 0.15) is 20.8 Å². The number of nitrogen functional groups attached to an aromatic ring is 1. The molecule has 3 N–H and O–H groups in total. The Morgan fingerprint density at radius 3 is 2.44 bits per heavy atom. The lowest BCUT2D eigenvalue weighted by atomic mass is 10.2. The smallest absolute Gasteiger partial charge is 0.321 e. The van der Waals surface area contributed by atoms with Gasteiger partial charge in [0.15, 0.2) is 5.16 Å². The molecule has 1 rings (SSSR count). The van der Waals surface area contributed by atoms with Crippen LogP contribution < -0.4 is 16.0 Å². The summed E-state index contributed by atoms with van der Waals surface area (Å²) in [7, 11) is 1.51. The number of hydrogen-bond donors (Lipinski definition) is 2. The third-order valence-corrected chi connectivity index (χ3v) is 3.45. The van der Waals surface area contributed by atoms with Crippen molar-refractivity contribution in [3.63, 3.8) is 0 Å². The predicted molar refractivity (Wildman–Crippen MR) is 64.3 cm³/mol. The molecule has 1 aromatic heterocycles. The van der Waals surface area contributed by atoms with E-state index in [-0.39, 0.29) is 6.01 Å². The summed E-state index contributed by atoms with van der Waals surface area (Å²) < 4.78 is 4.97. The van der Waals surface area contributed by atoms with Crippen LogP contribution in [0.2, 0.25) is 0 Å². The minimum atomic E-state index is 0.265. The number of methoxy groups -OCH3 is 1. The van der Waals surface area contributed by atoms with Crippen LogP contribution in [0.15, 0.2) is 5.16 Å². The topological polar surface area (TPSA) is 86.0 Å². The molecule has 0 bridgehead atoms. The van der Waals surface area contributed by atoms with Gasteiger partial charge in [-0.25, -0.2) is 5.84 Å². The van der Waals surface area contributed by atoms with Crippen molar-refractivity contribution in [2.45, 2.75) is 31.2 Å². The first-order valence-corrected chi connectivity index (χ1v) is 5.88. The molecule has 90 valence electrons. The van der Waals surface area contributed by atoms with Crippen molar-refractivity contribution in [2.75, 3.05) is 12.5 Å². The van der Waals surface area contributed by atoms with Gasteiger partial charge in [0.2, 0.25) is 5.95 Å². The predicted octanol–water partition coefficient (Wildman–Crippen LogP) is 1.30. The molecule has 0 fully saturated rings. The molecule has 1 atom stereocenters. The van der Waals surface area contributed by atoms with Gasteiger partial charge in [-0.1, -0.05) is 32.5 Å². The quantitative estimate of drug-likeness (QED) is 0.458. The Labute approximate surface area is 99.4 Å². The van der Waals surface area contributed by atoms with Crippen molar-refractivity contribution in [3.8, 4) is 6.01 Å². The third-order valence-electron chi connectivity index (χ3n) is 2.14. The highest BCUT2D eigenvalue weighted by atomic mass is 32.2. The molecular weight excluding hydrogens is 226 g/mol. The van der Waals surface area contributed by atoms with Gasteiger partial charge in [-0.15, -0.1) is 0 Å². The molecule has 0 saturated heterocycles. The maximum atomic E-state index is 5.27. The molecule has 7 heteroatoms. The molecule has 0 aliphatic rings. The summed E-state index contributed by atoms with van der Waals surface area (Å²) >= 11 is 1.57. The fourth-order valence-electron chi connectivity index (χ4n) is 0.849. The van der Waals surface area contributed by atoms with Crippen molar-refractivity contribution >= 4 is 17.7 Å². The summed E-state index contributed by atoms with van der Waals surface area (Å²) in [6.07, 6.45) is 0. The summed E-state index contributed by atoms with van der Waals surface area (Å²) in [6, 6.07) is 0.265. The molecule has 0 aliphatic carbocycles. The first-order chi connectivity index (χ1) is 7.56. The Hall–Kier alpha value is -1.08. The summed E-state index contributed by atoms with van der Waals surface area (Å²) in [6.45, 7) is 6.43. The van der Waals surface area contributed by atoms with Gasteiger partial charge in [0.25, 0.3) is 0 Å². The molecule has 16 heavy (non-hydrogen) atoms. The zero-order valence-electron chi connectivity index (χ0n) is 9.89. The number of nitrogens with one attached hydrogen (secondary N) is 1. The molecule has 0 saturated carbocycles. The van der Waals surface area contributed by atoms with Crippen molar-refractivity contribution < 1.29 is 4.74 Å². The van der Waals surface area contributed by atoms with Gasteiger partial charge < -0.3 is 4.74 Å². The number of hydrazine groups is 1. The normalized spacial score (nSPS) is 12.6. The first-order valence-electron chi connectivity index (χ1n) is 5.00. The van der Waals surface area contributed by atoms with Crippen molar-refractivity contribution in [1.82, 2.24) is 15.0 Å². The van der Waals surface area contributed by atoms with Crippen LogP contribution >= 0.6 is 11.8 Å². The molecule has 0 spiro atoms. The fraction of sp³-hybridized carbons (Fsp3) is 0.667. The second-order valence-corrected chi connectivity index (χ2v) is 4.98. The summed E-state index contributed by atoms with van der Waals surface area (Å²) in [4.78, 5) is 12.2. The number of nitrogens with two attached hydrogens (primary N) is 1. The minimum Gasteiger partial charge on any atom is -0.467 e. The molecule has 0 amide bonds. The average molecular weight is 243 g/mol. The van der Waals surface area contributed by atoms with E-state index in [9.17, 15) is 0 Å². The first kappa shape index (κ1) is 13.0. The van der Waals surface area contributed by atoms with Crippen molar-refractivity contribution in [1.29, 1.82) is 0 Å². The highest BCUT2D eigenvalue weighted by Gasteiger charge is 2.13. The van der Waals surface area contributed by atoms with E-state index >= 15 is 0 Å². The number of aromatic nitrogens is 3. The number of thioether (sulfide) groups is 1. The fourth-order valence-corrected chi connectivity index (χ4v) is 1.72. The Morgan fingerprint density at radius 2 is 1.94 bits per heavy atom. The van der Waals surface area contributed by atoms with E-state index in [1.807, 2.05) is 0 Å². The van der Waals surface area contributed by atoms with E-state index in [0.29, 0.717) is 22.3 Å². The maximum Gasteiger partial charge on any atom is 0.321 e. The summed E-state index contributed by atoms with van der Waals surface area (Å²) in [5, 5.41) is 1.03.